The molecule has 1 aliphatic carbocycles. The van der Waals surface area contributed by atoms with Crippen molar-refractivity contribution in [2.75, 3.05) is 19.6 Å². The van der Waals surface area contributed by atoms with Gasteiger partial charge in [0.2, 0.25) is 0 Å². The Balaban J connectivity index is 1.53. The van der Waals surface area contributed by atoms with Gasteiger partial charge in [-0.3, -0.25) is 4.79 Å². The zero-order valence-corrected chi connectivity index (χ0v) is 17.2. The van der Waals surface area contributed by atoms with Gasteiger partial charge in [0, 0.05) is 6.04 Å². The minimum Gasteiger partial charge on any atom is -0.349 e. The number of benzene rings is 1. The van der Waals surface area contributed by atoms with Crippen LogP contribution in [0.25, 0.3) is 0 Å². The van der Waals surface area contributed by atoms with Crippen molar-refractivity contribution >= 4 is 17.5 Å². The van der Waals surface area contributed by atoms with Crippen molar-refractivity contribution in [2.24, 2.45) is 11.3 Å². The Kier molecular flexibility index (Phi) is 6.30. The van der Waals surface area contributed by atoms with Crippen molar-refractivity contribution in [3.05, 3.63) is 34.3 Å². The van der Waals surface area contributed by atoms with Crippen LogP contribution in [-0.4, -0.2) is 36.5 Å². The molecule has 1 aromatic rings. The largest absolute Gasteiger partial charge is 0.416 e. The van der Waals surface area contributed by atoms with E-state index in [1.807, 2.05) is 0 Å². The summed E-state index contributed by atoms with van der Waals surface area (Å²) in [6, 6.07) is 2.90. The van der Waals surface area contributed by atoms with Crippen molar-refractivity contribution in [1.29, 1.82) is 0 Å². The Morgan fingerprint density at radius 3 is 2.61 bits per heavy atom. The molecule has 1 aromatic carbocycles. The summed E-state index contributed by atoms with van der Waals surface area (Å²) < 4.78 is 38.7. The van der Waals surface area contributed by atoms with Crippen LogP contribution in [0.5, 0.6) is 0 Å². The predicted octanol–water partition coefficient (Wildman–Crippen LogP) is 5.38. The van der Waals surface area contributed by atoms with Crippen LogP contribution < -0.4 is 5.32 Å². The molecule has 3 nitrogen and oxygen atoms in total. The summed E-state index contributed by atoms with van der Waals surface area (Å²) in [5, 5.41) is 2.96. The molecule has 7 heteroatoms. The van der Waals surface area contributed by atoms with Gasteiger partial charge in [-0.15, -0.1) is 0 Å². The number of likely N-dealkylation sites (tertiary alicyclic amines) is 1. The number of amides is 1. The lowest BCUT2D eigenvalue weighted by Gasteiger charge is -2.33. The van der Waals surface area contributed by atoms with Crippen LogP contribution in [0, 0.1) is 11.3 Å². The molecular weight excluding hydrogens is 389 g/mol. The van der Waals surface area contributed by atoms with E-state index >= 15 is 0 Å². The average Bonchev–Trinajstić information content (AvgIpc) is 3.27. The number of carbonyl (C=O) groups is 1. The third-order valence-corrected chi connectivity index (χ3v) is 6.47. The van der Waals surface area contributed by atoms with Gasteiger partial charge in [-0.25, -0.2) is 0 Å². The molecular formula is C21H28ClF3N2O. The smallest absolute Gasteiger partial charge is 0.349 e. The molecule has 1 N–H and O–H groups in total. The van der Waals surface area contributed by atoms with Crippen LogP contribution in [0.15, 0.2) is 18.2 Å². The van der Waals surface area contributed by atoms with Crippen LogP contribution in [0.2, 0.25) is 5.02 Å². The zero-order valence-electron chi connectivity index (χ0n) is 16.4. The lowest BCUT2D eigenvalue weighted by atomic mass is 9.92. The number of halogens is 4. The third-order valence-electron chi connectivity index (χ3n) is 6.14. The Labute approximate surface area is 169 Å². The summed E-state index contributed by atoms with van der Waals surface area (Å²) in [4.78, 5) is 15.0. The number of hydrogen-bond acceptors (Lipinski definition) is 2. The second-order valence-corrected chi connectivity index (χ2v) is 9.07. The maximum atomic E-state index is 12.9. The van der Waals surface area contributed by atoms with Crippen molar-refractivity contribution < 1.29 is 18.0 Å². The summed E-state index contributed by atoms with van der Waals surface area (Å²) >= 11 is 5.98. The van der Waals surface area contributed by atoms with Crippen molar-refractivity contribution in [1.82, 2.24) is 10.2 Å². The predicted molar refractivity (Wildman–Crippen MR) is 105 cm³/mol. The molecule has 2 aliphatic rings. The van der Waals surface area contributed by atoms with Crippen LogP contribution in [-0.2, 0) is 6.18 Å². The molecule has 1 amide bonds. The van der Waals surface area contributed by atoms with Gasteiger partial charge in [0.05, 0.1) is 16.1 Å². The molecule has 0 aromatic heterocycles. The van der Waals surface area contributed by atoms with E-state index in [0.29, 0.717) is 0 Å². The van der Waals surface area contributed by atoms with Crippen molar-refractivity contribution in [3.63, 3.8) is 0 Å². The first-order valence-corrected chi connectivity index (χ1v) is 10.4. The number of hydrogen-bond donors (Lipinski definition) is 1. The van der Waals surface area contributed by atoms with E-state index < -0.39 is 17.6 Å². The summed E-state index contributed by atoms with van der Waals surface area (Å²) in [6.07, 6.45) is 0.890. The Morgan fingerprint density at radius 1 is 1.32 bits per heavy atom. The summed E-state index contributed by atoms with van der Waals surface area (Å²) in [5.41, 5.74) is -0.856. The van der Waals surface area contributed by atoms with Gasteiger partial charge >= 0.3 is 6.18 Å². The maximum absolute atomic E-state index is 12.9. The second-order valence-electron chi connectivity index (χ2n) is 8.66. The molecule has 0 bridgehead atoms. The number of carbonyl (C=O) groups excluding carboxylic acids is 1. The zero-order chi connectivity index (χ0) is 20.5. The number of piperidine rings is 1. The van der Waals surface area contributed by atoms with E-state index in [1.54, 1.807) is 0 Å². The highest BCUT2D eigenvalue weighted by Crippen LogP contribution is 2.54. The molecule has 1 spiro atoms. The van der Waals surface area contributed by atoms with E-state index in [4.69, 9.17) is 11.6 Å². The normalized spacial score (nSPS) is 21.9. The van der Waals surface area contributed by atoms with Crippen LogP contribution >= 0.6 is 11.6 Å². The first-order valence-electron chi connectivity index (χ1n) is 10.0. The van der Waals surface area contributed by atoms with E-state index in [1.165, 1.54) is 12.8 Å². The molecule has 1 saturated heterocycles. The monoisotopic (exact) mass is 416 g/mol. The molecule has 1 unspecified atom stereocenters. The van der Waals surface area contributed by atoms with Gasteiger partial charge in [0.15, 0.2) is 0 Å². The van der Waals surface area contributed by atoms with Gasteiger partial charge in [-0.2, -0.15) is 13.2 Å². The molecule has 1 heterocycles. The minimum atomic E-state index is -4.50. The van der Waals surface area contributed by atoms with Gasteiger partial charge < -0.3 is 10.2 Å². The van der Waals surface area contributed by atoms with E-state index in [9.17, 15) is 18.0 Å². The van der Waals surface area contributed by atoms with Gasteiger partial charge in [-0.1, -0.05) is 25.4 Å². The summed E-state index contributed by atoms with van der Waals surface area (Å²) in [6.45, 7) is 7.63. The van der Waals surface area contributed by atoms with E-state index in [2.05, 4.69) is 24.1 Å². The molecule has 2 fully saturated rings. The SMILES string of the molecule is CC(C)CCCN1CCC2(CC1)CC2NC(=O)c1cc(C(F)(F)F)ccc1Cl. The standard InChI is InChI=1S/C21H28ClF3N2O/c1-14(2)4-3-9-27-10-7-20(8-11-27)13-18(20)26-19(28)16-12-15(21(23,24)25)5-6-17(16)22/h5-6,12,14,18H,3-4,7-11,13H2,1-2H3,(H,26,28). The van der Waals surface area contributed by atoms with Gasteiger partial charge in [0.1, 0.15) is 0 Å². The van der Waals surface area contributed by atoms with Gasteiger partial charge in [0.25, 0.3) is 5.91 Å². The maximum Gasteiger partial charge on any atom is 0.416 e. The second kappa shape index (κ2) is 8.23. The Hall–Kier alpha value is -1.27. The topological polar surface area (TPSA) is 32.3 Å². The van der Waals surface area contributed by atoms with E-state index in [-0.39, 0.29) is 22.0 Å². The number of nitrogens with zero attached hydrogens (tertiary/aromatic N) is 1. The molecule has 1 aliphatic heterocycles. The number of alkyl halides is 3. The minimum absolute atomic E-state index is 0.0309. The molecule has 28 heavy (non-hydrogen) atoms. The summed E-state index contributed by atoms with van der Waals surface area (Å²) in [5.74, 6) is 0.208. The molecule has 1 saturated carbocycles. The first kappa shape index (κ1) is 21.4. The molecule has 1 atom stereocenters. The molecule has 156 valence electrons. The van der Waals surface area contributed by atoms with Crippen molar-refractivity contribution in [2.45, 2.75) is 58.2 Å². The van der Waals surface area contributed by atoms with E-state index in [0.717, 1.165) is 63.0 Å². The number of nitrogens with one attached hydrogen (secondary N) is 1. The van der Waals surface area contributed by atoms with Crippen LogP contribution in [0.3, 0.4) is 0 Å². The number of rotatable bonds is 6. The first-order chi connectivity index (χ1) is 13.1. The Bertz CT molecular complexity index is 712. The summed E-state index contributed by atoms with van der Waals surface area (Å²) in [7, 11) is 0. The highest BCUT2D eigenvalue weighted by Gasteiger charge is 2.55. The Morgan fingerprint density at radius 2 is 2.00 bits per heavy atom. The highest BCUT2D eigenvalue weighted by molar-refractivity contribution is 6.33. The quantitative estimate of drug-likeness (QED) is 0.675. The average molecular weight is 417 g/mol. The van der Waals surface area contributed by atoms with Gasteiger partial charge in [-0.05, 0) is 81.3 Å². The lowest BCUT2D eigenvalue weighted by molar-refractivity contribution is -0.137. The molecule has 0 radical (unpaired) electrons. The lowest BCUT2D eigenvalue weighted by Crippen LogP contribution is -2.39. The molecule has 3 rings (SSSR count). The van der Waals surface area contributed by atoms with Crippen LogP contribution in [0.4, 0.5) is 13.2 Å². The fraction of sp³-hybridized carbons (Fsp3) is 0.667. The fourth-order valence-electron chi connectivity index (χ4n) is 4.16. The fourth-order valence-corrected chi connectivity index (χ4v) is 4.36. The van der Waals surface area contributed by atoms with Crippen LogP contribution in [0.1, 0.15) is 61.9 Å². The highest BCUT2D eigenvalue weighted by atomic mass is 35.5. The third kappa shape index (κ3) is 5.01. The van der Waals surface area contributed by atoms with Crippen molar-refractivity contribution in [3.8, 4) is 0 Å².